The molecule has 2 N–H and O–H groups in total. The van der Waals surface area contributed by atoms with E-state index in [1.807, 2.05) is 13.8 Å². The van der Waals surface area contributed by atoms with Gasteiger partial charge in [0, 0.05) is 13.2 Å². The van der Waals surface area contributed by atoms with Gasteiger partial charge in [-0.2, -0.15) is 12.6 Å². The molecule has 2 atom stereocenters. The average molecular weight is 233 g/mol. The van der Waals surface area contributed by atoms with Gasteiger partial charge in [0.1, 0.15) is 0 Å². The Labute approximate surface area is 98.0 Å². The Hall–Kier alpha value is -0.220. The lowest BCUT2D eigenvalue weighted by Gasteiger charge is -2.18. The summed E-state index contributed by atoms with van der Waals surface area (Å²) in [5.74, 6) is 0.600. The molecule has 0 spiro atoms. The van der Waals surface area contributed by atoms with Gasteiger partial charge in [0.2, 0.25) is 5.91 Å². The molecule has 0 fully saturated rings. The molecule has 0 radical (unpaired) electrons. The van der Waals surface area contributed by atoms with E-state index in [0.29, 0.717) is 12.5 Å². The van der Waals surface area contributed by atoms with Crippen molar-refractivity contribution in [1.29, 1.82) is 0 Å². The second-order valence-corrected chi connectivity index (χ2v) is 4.78. The number of hydrogen-bond acceptors (Lipinski definition) is 3. The van der Waals surface area contributed by atoms with Gasteiger partial charge in [-0.15, -0.1) is 0 Å². The van der Waals surface area contributed by atoms with Crippen molar-refractivity contribution in [3.63, 3.8) is 0 Å². The van der Waals surface area contributed by atoms with E-state index in [-0.39, 0.29) is 23.7 Å². The van der Waals surface area contributed by atoms with Gasteiger partial charge in [-0.25, -0.2) is 0 Å². The van der Waals surface area contributed by atoms with Crippen molar-refractivity contribution in [3.8, 4) is 0 Å². The van der Waals surface area contributed by atoms with E-state index < -0.39 is 0 Å². The zero-order chi connectivity index (χ0) is 11.8. The summed E-state index contributed by atoms with van der Waals surface area (Å²) in [7, 11) is 0. The monoisotopic (exact) mass is 233 g/mol. The molecule has 0 aliphatic heterocycles. The molecule has 0 heterocycles. The van der Waals surface area contributed by atoms with Crippen LogP contribution >= 0.6 is 12.6 Å². The maximum atomic E-state index is 11.6. The first-order valence-corrected chi connectivity index (χ1v) is 6.11. The predicted molar refractivity (Wildman–Crippen MR) is 66.1 cm³/mol. The predicted octanol–water partition coefficient (Wildman–Crippen LogP) is 1.47. The average Bonchev–Trinajstić information content (AvgIpc) is 2.22. The molecule has 4 heteroatoms. The Kier molecular flexibility index (Phi) is 7.88. The third-order valence-corrected chi connectivity index (χ3v) is 3.41. The van der Waals surface area contributed by atoms with Gasteiger partial charge in [-0.3, -0.25) is 4.79 Å². The van der Waals surface area contributed by atoms with Crippen LogP contribution in [-0.4, -0.2) is 29.4 Å². The molecular formula is C11H23NO2S. The van der Waals surface area contributed by atoms with Crippen molar-refractivity contribution in [1.82, 2.24) is 5.32 Å². The summed E-state index contributed by atoms with van der Waals surface area (Å²) in [6, 6.07) is 0. The van der Waals surface area contributed by atoms with Crippen LogP contribution in [-0.2, 0) is 4.79 Å². The molecule has 0 saturated heterocycles. The first-order valence-electron chi connectivity index (χ1n) is 5.59. The van der Waals surface area contributed by atoms with Crippen molar-refractivity contribution in [2.45, 2.75) is 38.9 Å². The fourth-order valence-corrected chi connectivity index (χ4v) is 1.38. The number of rotatable bonds is 7. The second-order valence-electron chi connectivity index (χ2n) is 4.22. The minimum absolute atomic E-state index is 0.00952. The van der Waals surface area contributed by atoms with Crippen molar-refractivity contribution >= 4 is 18.5 Å². The molecular weight excluding hydrogens is 210 g/mol. The molecule has 0 aromatic heterocycles. The number of thiol groups is 1. The Morgan fingerprint density at radius 3 is 2.47 bits per heavy atom. The molecule has 0 aromatic carbocycles. The van der Waals surface area contributed by atoms with Gasteiger partial charge in [-0.05, 0) is 18.3 Å². The first-order chi connectivity index (χ1) is 7.02. The number of aliphatic hydroxyl groups is 1. The molecule has 90 valence electrons. The molecule has 0 aliphatic carbocycles. The molecule has 3 nitrogen and oxygen atoms in total. The van der Waals surface area contributed by atoms with Crippen LogP contribution in [0.25, 0.3) is 0 Å². The smallest absolute Gasteiger partial charge is 0.233 e. The Morgan fingerprint density at radius 2 is 2.07 bits per heavy atom. The maximum absolute atomic E-state index is 11.6. The van der Waals surface area contributed by atoms with Crippen LogP contribution < -0.4 is 5.32 Å². The fourth-order valence-electron chi connectivity index (χ4n) is 1.29. The Balaban J connectivity index is 3.87. The highest BCUT2D eigenvalue weighted by Crippen LogP contribution is 2.10. The van der Waals surface area contributed by atoms with Gasteiger partial charge in [0.25, 0.3) is 0 Å². The third-order valence-electron chi connectivity index (χ3n) is 2.58. The van der Waals surface area contributed by atoms with Crippen LogP contribution in [0.15, 0.2) is 0 Å². The molecule has 0 saturated carbocycles. The first kappa shape index (κ1) is 14.8. The van der Waals surface area contributed by atoms with Crippen molar-refractivity contribution in [2.75, 3.05) is 13.2 Å². The van der Waals surface area contributed by atoms with Crippen LogP contribution in [0.4, 0.5) is 0 Å². The summed E-state index contributed by atoms with van der Waals surface area (Å²) in [5, 5.41) is 11.4. The SMILES string of the molecule is CCC(CCO)CNC(=O)C(S)C(C)C. The Morgan fingerprint density at radius 1 is 1.47 bits per heavy atom. The van der Waals surface area contributed by atoms with Crippen molar-refractivity contribution in [2.24, 2.45) is 11.8 Å². The summed E-state index contributed by atoms with van der Waals surface area (Å²) >= 11 is 4.24. The molecule has 15 heavy (non-hydrogen) atoms. The molecule has 2 unspecified atom stereocenters. The number of carbonyl (C=O) groups excluding carboxylic acids is 1. The van der Waals surface area contributed by atoms with Crippen LogP contribution in [0, 0.1) is 11.8 Å². The molecule has 0 rings (SSSR count). The molecule has 0 aliphatic rings. The third kappa shape index (κ3) is 6.05. The van der Waals surface area contributed by atoms with E-state index in [9.17, 15) is 4.79 Å². The van der Waals surface area contributed by atoms with E-state index >= 15 is 0 Å². The van der Waals surface area contributed by atoms with Crippen molar-refractivity contribution in [3.05, 3.63) is 0 Å². The zero-order valence-corrected chi connectivity index (χ0v) is 10.8. The van der Waals surface area contributed by atoms with E-state index in [0.717, 1.165) is 12.8 Å². The van der Waals surface area contributed by atoms with Gasteiger partial charge in [-0.1, -0.05) is 27.2 Å². The lowest BCUT2D eigenvalue weighted by Crippen LogP contribution is -2.37. The minimum atomic E-state index is -0.239. The van der Waals surface area contributed by atoms with E-state index in [1.54, 1.807) is 0 Å². The number of hydrogen-bond donors (Lipinski definition) is 3. The van der Waals surface area contributed by atoms with Crippen LogP contribution in [0.5, 0.6) is 0 Å². The van der Waals surface area contributed by atoms with Gasteiger partial charge >= 0.3 is 0 Å². The fraction of sp³-hybridized carbons (Fsp3) is 0.909. The summed E-state index contributed by atoms with van der Waals surface area (Å²) < 4.78 is 0. The number of amides is 1. The standard InChI is InChI=1S/C11H23NO2S/c1-4-9(5-6-13)7-12-11(14)10(15)8(2)3/h8-10,13,15H,4-7H2,1-3H3,(H,12,14). The van der Waals surface area contributed by atoms with Gasteiger partial charge in [0.05, 0.1) is 5.25 Å². The number of nitrogens with one attached hydrogen (secondary N) is 1. The largest absolute Gasteiger partial charge is 0.396 e. The van der Waals surface area contributed by atoms with E-state index in [4.69, 9.17) is 5.11 Å². The zero-order valence-electron chi connectivity index (χ0n) is 9.86. The summed E-state index contributed by atoms with van der Waals surface area (Å²) in [6.45, 7) is 6.83. The normalized spacial score (nSPS) is 15.1. The number of aliphatic hydroxyl groups excluding tert-OH is 1. The Bertz CT molecular complexity index is 185. The highest BCUT2D eigenvalue weighted by molar-refractivity contribution is 7.81. The summed E-state index contributed by atoms with van der Waals surface area (Å²) in [6.07, 6.45) is 1.72. The lowest BCUT2D eigenvalue weighted by molar-refractivity contribution is -0.121. The van der Waals surface area contributed by atoms with E-state index in [2.05, 4.69) is 24.9 Å². The highest BCUT2D eigenvalue weighted by atomic mass is 32.1. The maximum Gasteiger partial charge on any atom is 0.233 e. The minimum Gasteiger partial charge on any atom is -0.396 e. The number of carbonyl (C=O) groups is 1. The summed E-state index contributed by atoms with van der Waals surface area (Å²) in [5.41, 5.74) is 0. The lowest BCUT2D eigenvalue weighted by atomic mass is 10.0. The quantitative estimate of drug-likeness (QED) is 0.583. The van der Waals surface area contributed by atoms with Crippen LogP contribution in [0.3, 0.4) is 0 Å². The second kappa shape index (κ2) is 7.99. The van der Waals surface area contributed by atoms with Crippen molar-refractivity contribution < 1.29 is 9.90 Å². The van der Waals surface area contributed by atoms with Gasteiger partial charge in [0.15, 0.2) is 0 Å². The van der Waals surface area contributed by atoms with E-state index in [1.165, 1.54) is 0 Å². The van der Waals surface area contributed by atoms with Crippen LogP contribution in [0.1, 0.15) is 33.6 Å². The van der Waals surface area contributed by atoms with Crippen LogP contribution in [0.2, 0.25) is 0 Å². The topological polar surface area (TPSA) is 49.3 Å². The molecule has 1 amide bonds. The molecule has 0 bridgehead atoms. The molecule has 0 aromatic rings. The van der Waals surface area contributed by atoms with Gasteiger partial charge < -0.3 is 10.4 Å². The highest BCUT2D eigenvalue weighted by Gasteiger charge is 2.18. The summed E-state index contributed by atoms with van der Waals surface area (Å²) in [4.78, 5) is 11.6.